The van der Waals surface area contributed by atoms with Crippen LogP contribution in [0, 0.1) is 0 Å². The van der Waals surface area contributed by atoms with Gasteiger partial charge in [0.15, 0.2) is 0 Å². The SMILES string of the molecule is CC(C)OC(=Nc1ccc2c(c1)C(C)(C)CCC2(C)C)c1ccc(C(=O)O)cc1. The van der Waals surface area contributed by atoms with Crippen molar-refractivity contribution in [3.8, 4) is 0 Å². The first kappa shape index (κ1) is 21.1. The number of benzene rings is 2. The largest absolute Gasteiger partial charge is 0.478 e. The summed E-state index contributed by atoms with van der Waals surface area (Å²) in [4.78, 5) is 16.0. The van der Waals surface area contributed by atoms with E-state index >= 15 is 0 Å². The third kappa shape index (κ3) is 4.52. The second-order valence-electron chi connectivity index (χ2n) is 9.46. The van der Waals surface area contributed by atoms with Gasteiger partial charge in [0, 0.05) is 5.56 Å². The van der Waals surface area contributed by atoms with Gasteiger partial charge in [0.05, 0.1) is 17.4 Å². The molecule has 0 radical (unpaired) electrons. The summed E-state index contributed by atoms with van der Waals surface area (Å²) in [5.74, 6) is -0.441. The Morgan fingerprint density at radius 3 is 2.03 bits per heavy atom. The zero-order chi connectivity index (χ0) is 21.4. The first-order valence-corrected chi connectivity index (χ1v) is 10.2. The van der Waals surface area contributed by atoms with E-state index in [1.165, 1.54) is 17.5 Å². The quantitative estimate of drug-likeness (QED) is 0.494. The Hall–Kier alpha value is -2.62. The Morgan fingerprint density at radius 2 is 1.48 bits per heavy atom. The molecule has 0 aromatic heterocycles. The molecule has 3 rings (SSSR count). The van der Waals surface area contributed by atoms with Crippen LogP contribution in [0.15, 0.2) is 47.5 Å². The summed E-state index contributed by atoms with van der Waals surface area (Å²) in [7, 11) is 0. The minimum Gasteiger partial charge on any atom is -0.478 e. The molecular weight excluding hydrogens is 362 g/mol. The molecule has 0 fully saturated rings. The Labute approximate surface area is 173 Å². The summed E-state index contributed by atoms with van der Waals surface area (Å²) in [6.45, 7) is 13.1. The molecule has 154 valence electrons. The van der Waals surface area contributed by atoms with Gasteiger partial charge in [-0.25, -0.2) is 9.79 Å². The van der Waals surface area contributed by atoms with Gasteiger partial charge in [-0.05, 0) is 85.0 Å². The fourth-order valence-corrected chi connectivity index (χ4v) is 3.90. The van der Waals surface area contributed by atoms with Gasteiger partial charge in [0.25, 0.3) is 0 Å². The molecule has 0 amide bonds. The van der Waals surface area contributed by atoms with Crippen LogP contribution in [0.5, 0.6) is 0 Å². The van der Waals surface area contributed by atoms with Crippen LogP contribution in [-0.2, 0) is 15.6 Å². The molecule has 1 aliphatic rings. The molecule has 4 heteroatoms. The van der Waals surface area contributed by atoms with Crippen LogP contribution >= 0.6 is 0 Å². The molecule has 4 nitrogen and oxygen atoms in total. The summed E-state index contributed by atoms with van der Waals surface area (Å²) in [5, 5.41) is 9.14. The Bertz CT molecular complexity index is 937. The van der Waals surface area contributed by atoms with Gasteiger partial charge in [-0.3, -0.25) is 0 Å². The van der Waals surface area contributed by atoms with E-state index < -0.39 is 5.97 Å². The van der Waals surface area contributed by atoms with E-state index in [9.17, 15) is 4.79 Å². The topological polar surface area (TPSA) is 58.9 Å². The van der Waals surface area contributed by atoms with Crippen molar-refractivity contribution in [3.63, 3.8) is 0 Å². The molecule has 0 aliphatic heterocycles. The van der Waals surface area contributed by atoms with Crippen LogP contribution in [0.25, 0.3) is 0 Å². The summed E-state index contributed by atoms with van der Waals surface area (Å²) in [5.41, 5.74) is 4.88. The minimum absolute atomic E-state index is 0.0408. The van der Waals surface area contributed by atoms with Crippen LogP contribution in [0.2, 0.25) is 0 Å². The van der Waals surface area contributed by atoms with Crippen molar-refractivity contribution in [2.24, 2.45) is 4.99 Å². The summed E-state index contributed by atoms with van der Waals surface area (Å²) >= 11 is 0. The number of aliphatic imine (C=N–C) groups is 1. The Balaban J connectivity index is 2.05. The second-order valence-corrected chi connectivity index (χ2v) is 9.46. The molecule has 2 aromatic rings. The van der Waals surface area contributed by atoms with Crippen molar-refractivity contribution in [3.05, 3.63) is 64.7 Å². The number of nitrogens with zero attached hydrogens (tertiary/aromatic N) is 1. The fourth-order valence-electron chi connectivity index (χ4n) is 3.90. The monoisotopic (exact) mass is 393 g/mol. The van der Waals surface area contributed by atoms with E-state index in [0.29, 0.717) is 5.90 Å². The third-order valence-corrected chi connectivity index (χ3v) is 5.79. The zero-order valence-electron chi connectivity index (χ0n) is 18.2. The molecule has 0 saturated heterocycles. The molecular formula is C25H31NO3. The number of rotatable bonds is 4. The lowest BCUT2D eigenvalue weighted by molar-refractivity contribution is 0.0697. The third-order valence-electron chi connectivity index (χ3n) is 5.79. The Kier molecular flexibility index (Phi) is 5.57. The van der Waals surface area contributed by atoms with Crippen molar-refractivity contribution in [1.29, 1.82) is 0 Å². The predicted molar refractivity (Wildman–Crippen MR) is 118 cm³/mol. The number of hydrogen-bond donors (Lipinski definition) is 1. The van der Waals surface area contributed by atoms with Gasteiger partial charge in [-0.1, -0.05) is 33.8 Å². The molecule has 1 aliphatic carbocycles. The van der Waals surface area contributed by atoms with E-state index in [2.05, 4.69) is 45.9 Å². The van der Waals surface area contributed by atoms with E-state index in [-0.39, 0.29) is 22.5 Å². The molecule has 2 aromatic carbocycles. The van der Waals surface area contributed by atoms with Gasteiger partial charge in [-0.2, -0.15) is 0 Å². The van der Waals surface area contributed by atoms with Crippen molar-refractivity contribution < 1.29 is 14.6 Å². The van der Waals surface area contributed by atoms with Crippen molar-refractivity contribution in [1.82, 2.24) is 0 Å². The fraction of sp³-hybridized carbons (Fsp3) is 0.440. The van der Waals surface area contributed by atoms with Crippen LogP contribution in [0.4, 0.5) is 5.69 Å². The highest BCUT2D eigenvalue weighted by atomic mass is 16.5. The number of hydrogen-bond acceptors (Lipinski definition) is 3. The zero-order valence-corrected chi connectivity index (χ0v) is 18.2. The first-order valence-electron chi connectivity index (χ1n) is 10.2. The van der Waals surface area contributed by atoms with Crippen molar-refractivity contribution >= 4 is 17.6 Å². The lowest BCUT2D eigenvalue weighted by atomic mass is 9.63. The van der Waals surface area contributed by atoms with Gasteiger partial charge in [0.2, 0.25) is 5.90 Å². The number of ether oxygens (including phenoxy) is 1. The van der Waals surface area contributed by atoms with Crippen LogP contribution in [-0.4, -0.2) is 23.1 Å². The summed E-state index contributed by atoms with van der Waals surface area (Å²) in [6.07, 6.45) is 2.28. The molecule has 0 unspecified atom stereocenters. The molecule has 1 N–H and O–H groups in total. The van der Waals surface area contributed by atoms with Crippen LogP contribution in [0.1, 0.15) is 81.4 Å². The number of carbonyl (C=O) groups is 1. The lowest BCUT2D eigenvalue weighted by Gasteiger charge is -2.41. The number of carboxylic acids is 1. The molecule has 29 heavy (non-hydrogen) atoms. The van der Waals surface area contributed by atoms with Crippen molar-refractivity contribution in [2.75, 3.05) is 0 Å². The van der Waals surface area contributed by atoms with Gasteiger partial charge in [0.1, 0.15) is 0 Å². The highest BCUT2D eigenvalue weighted by molar-refractivity contribution is 5.97. The molecule has 0 spiro atoms. The molecule has 0 bridgehead atoms. The van der Waals surface area contributed by atoms with Crippen LogP contribution < -0.4 is 0 Å². The minimum atomic E-state index is -0.945. The lowest BCUT2D eigenvalue weighted by Crippen LogP contribution is -2.33. The van der Waals surface area contributed by atoms with E-state index in [0.717, 1.165) is 17.7 Å². The van der Waals surface area contributed by atoms with Crippen molar-refractivity contribution in [2.45, 2.75) is 71.3 Å². The number of carboxylic acid groups (broad SMARTS) is 1. The normalized spacial score (nSPS) is 17.7. The molecule has 0 atom stereocenters. The highest BCUT2D eigenvalue weighted by Crippen LogP contribution is 2.46. The van der Waals surface area contributed by atoms with Crippen LogP contribution in [0.3, 0.4) is 0 Å². The average molecular weight is 394 g/mol. The first-order chi connectivity index (χ1) is 13.5. The predicted octanol–water partition coefficient (Wildman–Crippen LogP) is 6.24. The van der Waals surface area contributed by atoms with E-state index in [1.807, 2.05) is 13.8 Å². The van der Waals surface area contributed by atoms with E-state index in [1.54, 1.807) is 24.3 Å². The molecule has 0 heterocycles. The Morgan fingerprint density at radius 1 is 0.931 bits per heavy atom. The number of fused-ring (bicyclic) bond motifs is 1. The maximum Gasteiger partial charge on any atom is 0.335 e. The second kappa shape index (κ2) is 7.66. The maximum absolute atomic E-state index is 11.1. The van der Waals surface area contributed by atoms with Gasteiger partial charge in [-0.15, -0.1) is 0 Å². The number of aromatic carboxylic acids is 1. The van der Waals surface area contributed by atoms with E-state index in [4.69, 9.17) is 14.8 Å². The molecule has 0 saturated carbocycles. The van der Waals surface area contributed by atoms with Gasteiger partial charge < -0.3 is 9.84 Å². The summed E-state index contributed by atoms with van der Waals surface area (Å²) < 4.78 is 5.98. The van der Waals surface area contributed by atoms with Gasteiger partial charge >= 0.3 is 5.97 Å². The standard InChI is InChI=1S/C25H31NO3/c1-16(2)29-22(17-7-9-18(10-8-17)23(27)28)26-19-11-12-20-21(15-19)25(5,6)14-13-24(20,3)4/h7-12,15-16H,13-14H2,1-6H3,(H,27,28). The summed E-state index contributed by atoms with van der Waals surface area (Å²) in [6, 6.07) is 13.1. The average Bonchev–Trinajstić information content (AvgIpc) is 2.65. The maximum atomic E-state index is 11.1. The highest BCUT2D eigenvalue weighted by Gasteiger charge is 2.37. The smallest absolute Gasteiger partial charge is 0.335 e.